The second-order valence-corrected chi connectivity index (χ2v) is 6.55. The van der Waals surface area contributed by atoms with Gasteiger partial charge in [-0.1, -0.05) is 55.5 Å². The zero-order valence-electron chi connectivity index (χ0n) is 14.3. The summed E-state index contributed by atoms with van der Waals surface area (Å²) in [4.78, 5) is 11.3. The van der Waals surface area contributed by atoms with Crippen LogP contribution in [0.5, 0.6) is 0 Å². The van der Waals surface area contributed by atoms with Crippen molar-refractivity contribution in [1.29, 1.82) is 0 Å². The monoisotopic (exact) mass is 322 g/mol. The largest absolute Gasteiger partial charge is 0.339 e. The second-order valence-electron chi connectivity index (χ2n) is 6.55. The molecule has 1 aliphatic heterocycles. The van der Waals surface area contributed by atoms with Crippen molar-refractivity contribution in [3.63, 3.8) is 0 Å². The van der Waals surface area contributed by atoms with Gasteiger partial charge in [-0.3, -0.25) is 10.1 Å². The maximum absolute atomic E-state index is 11.3. The Kier molecular flexibility index (Phi) is 5.65. The van der Waals surface area contributed by atoms with E-state index in [-0.39, 0.29) is 12.1 Å². The zero-order chi connectivity index (χ0) is 16.8. The molecule has 0 bridgehead atoms. The first-order valence-electron chi connectivity index (χ1n) is 8.91. The van der Waals surface area contributed by atoms with Crippen LogP contribution in [0.1, 0.15) is 35.6 Å². The smallest absolute Gasteiger partial charge is 0.235 e. The fourth-order valence-corrected chi connectivity index (χ4v) is 3.22. The lowest BCUT2D eigenvalue weighted by molar-refractivity contribution is -0.118. The molecule has 0 aliphatic carbocycles. The van der Waals surface area contributed by atoms with Crippen LogP contribution in [0.15, 0.2) is 48.5 Å². The third kappa shape index (κ3) is 4.68. The van der Waals surface area contributed by atoms with E-state index in [2.05, 4.69) is 66.1 Å². The van der Waals surface area contributed by atoms with Gasteiger partial charge in [0.2, 0.25) is 5.91 Å². The zero-order valence-corrected chi connectivity index (χ0v) is 14.3. The van der Waals surface area contributed by atoms with Crippen molar-refractivity contribution in [3.05, 3.63) is 70.8 Å². The van der Waals surface area contributed by atoms with Crippen molar-refractivity contribution in [3.8, 4) is 0 Å². The Labute approximate surface area is 144 Å². The molecule has 1 atom stereocenters. The second kappa shape index (κ2) is 8.11. The Hall–Kier alpha value is -2.13. The Morgan fingerprint density at radius 2 is 1.67 bits per heavy atom. The van der Waals surface area contributed by atoms with Crippen molar-refractivity contribution >= 4 is 5.91 Å². The molecule has 0 saturated carbocycles. The van der Waals surface area contributed by atoms with Crippen molar-refractivity contribution in [2.75, 3.05) is 6.54 Å². The fourth-order valence-electron chi connectivity index (χ4n) is 3.22. The van der Waals surface area contributed by atoms with Crippen molar-refractivity contribution in [2.45, 2.75) is 45.2 Å². The van der Waals surface area contributed by atoms with E-state index in [9.17, 15) is 4.79 Å². The lowest BCUT2D eigenvalue weighted by atomic mass is 10.00. The van der Waals surface area contributed by atoms with Crippen molar-refractivity contribution in [1.82, 2.24) is 10.6 Å². The van der Waals surface area contributed by atoms with Gasteiger partial charge in [-0.25, -0.2) is 0 Å². The van der Waals surface area contributed by atoms with Crippen LogP contribution in [0.3, 0.4) is 0 Å². The molecule has 1 fully saturated rings. The molecule has 1 amide bonds. The highest BCUT2D eigenvalue weighted by Crippen LogP contribution is 2.13. The van der Waals surface area contributed by atoms with E-state index in [1.165, 1.54) is 22.3 Å². The first kappa shape index (κ1) is 16.7. The third-order valence-electron chi connectivity index (χ3n) is 4.64. The number of amides is 1. The molecule has 1 aliphatic rings. The van der Waals surface area contributed by atoms with Crippen molar-refractivity contribution < 1.29 is 4.79 Å². The van der Waals surface area contributed by atoms with Crippen molar-refractivity contribution in [2.24, 2.45) is 0 Å². The number of hydrogen-bond acceptors (Lipinski definition) is 2. The lowest BCUT2D eigenvalue weighted by Gasteiger charge is -2.11. The van der Waals surface area contributed by atoms with Crippen LogP contribution in [-0.2, 0) is 30.5 Å². The van der Waals surface area contributed by atoms with Gasteiger partial charge in [-0.2, -0.15) is 0 Å². The Morgan fingerprint density at radius 1 is 0.958 bits per heavy atom. The van der Waals surface area contributed by atoms with Crippen LogP contribution < -0.4 is 10.6 Å². The lowest BCUT2D eigenvalue weighted by Crippen LogP contribution is -2.34. The van der Waals surface area contributed by atoms with Crippen LogP contribution in [0, 0.1) is 0 Å². The van der Waals surface area contributed by atoms with Gasteiger partial charge in [-0.15, -0.1) is 0 Å². The van der Waals surface area contributed by atoms with E-state index in [1.54, 1.807) is 0 Å². The summed E-state index contributed by atoms with van der Waals surface area (Å²) in [6.07, 6.45) is 5.39. The number of carbonyl (C=O) groups excluding carboxylic acids is 1. The molecule has 3 nitrogen and oxygen atoms in total. The minimum Gasteiger partial charge on any atom is -0.339 e. The molecule has 1 heterocycles. The molecule has 24 heavy (non-hydrogen) atoms. The average Bonchev–Trinajstić information content (AvgIpc) is 3.01. The van der Waals surface area contributed by atoms with E-state index in [4.69, 9.17) is 0 Å². The van der Waals surface area contributed by atoms with E-state index in [1.807, 2.05) is 0 Å². The number of carbonyl (C=O) groups is 1. The van der Waals surface area contributed by atoms with Crippen LogP contribution in [0.4, 0.5) is 0 Å². The van der Waals surface area contributed by atoms with E-state index < -0.39 is 0 Å². The molecule has 2 aromatic carbocycles. The first-order valence-corrected chi connectivity index (χ1v) is 8.91. The molecule has 2 N–H and O–H groups in total. The standard InChI is InChI=1S/C21H26N2O/c1-2-16-9-11-17(12-10-16)5-3-6-18-7-4-8-19(13-18)14-20-22-15-21(24)23-20/h4,7-13,20,22H,2-3,5-6,14-15H2,1H3,(H,23,24)/t20-/m1/s1. The minimum atomic E-state index is 0.0739. The van der Waals surface area contributed by atoms with Gasteiger partial charge in [0.15, 0.2) is 0 Å². The molecule has 3 rings (SSSR count). The van der Waals surface area contributed by atoms with Crippen LogP contribution >= 0.6 is 0 Å². The Balaban J connectivity index is 1.49. The van der Waals surface area contributed by atoms with Gasteiger partial charge in [-0.05, 0) is 47.9 Å². The number of aryl methyl sites for hydroxylation is 3. The summed E-state index contributed by atoms with van der Waals surface area (Å²) < 4.78 is 0. The predicted molar refractivity (Wildman–Crippen MR) is 97.9 cm³/mol. The minimum absolute atomic E-state index is 0.0739. The highest BCUT2D eigenvalue weighted by Gasteiger charge is 2.19. The SMILES string of the molecule is CCc1ccc(CCCc2cccc(C[C@@H]3NCC(=O)N3)c2)cc1. The number of hydrogen-bond donors (Lipinski definition) is 2. The summed E-state index contributed by atoms with van der Waals surface area (Å²) >= 11 is 0. The molecule has 0 spiro atoms. The Bertz CT molecular complexity index is 678. The number of nitrogens with one attached hydrogen (secondary N) is 2. The first-order chi connectivity index (χ1) is 11.7. The molecular formula is C21H26N2O. The summed E-state index contributed by atoms with van der Waals surface area (Å²) in [6.45, 7) is 2.62. The van der Waals surface area contributed by atoms with Crippen LogP contribution in [-0.4, -0.2) is 18.6 Å². The van der Waals surface area contributed by atoms with Gasteiger partial charge < -0.3 is 5.32 Å². The predicted octanol–water partition coefficient (Wildman–Crippen LogP) is 3.01. The maximum Gasteiger partial charge on any atom is 0.235 e. The number of rotatable bonds is 7. The van der Waals surface area contributed by atoms with Gasteiger partial charge in [0.25, 0.3) is 0 Å². The molecule has 1 saturated heterocycles. The average molecular weight is 322 g/mol. The van der Waals surface area contributed by atoms with E-state index in [0.717, 1.165) is 32.1 Å². The van der Waals surface area contributed by atoms with E-state index in [0.29, 0.717) is 6.54 Å². The normalized spacial score (nSPS) is 17.0. The van der Waals surface area contributed by atoms with E-state index >= 15 is 0 Å². The summed E-state index contributed by atoms with van der Waals surface area (Å²) in [7, 11) is 0. The summed E-state index contributed by atoms with van der Waals surface area (Å²) in [6, 6.07) is 17.7. The molecule has 0 aromatic heterocycles. The maximum atomic E-state index is 11.3. The third-order valence-corrected chi connectivity index (χ3v) is 4.64. The van der Waals surface area contributed by atoms with Gasteiger partial charge in [0.1, 0.15) is 0 Å². The molecule has 2 aromatic rings. The van der Waals surface area contributed by atoms with Crippen LogP contribution in [0.25, 0.3) is 0 Å². The van der Waals surface area contributed by atoms with Crippen LogP contribution in [0.2, 0.25) is 0 Å². The summed E-state index contributed by atoms with van der Waals surface area (Å²) in [5.41, 5.74) is 5.47. The fraction of sp³-hybridized carbons (Fsp3) is 0.381. The molecule has 126 valence electrons. The molecule has 0 unspecified atom stereocenters. The molecule has 3 heteroatoms. The highest BCUT2D eigenvalue weighted by atomic mass is 16.2. The quantitative estimate of drug-likeness (QED) is 0.823. The number of benzene rings is 2. The Morgan fingerprint density at radius 3 is 2.38 bits per heavy atom. The van der Waals surface area contributed by atoms with Gasteiger partial charge in [0.05, 0.1) is 12.7 Å². The molecular weight excluding hydrogens is 296 g/mol. The summed E-state index contributed by atoms with van der Waals surface area (Å²) in [5, 5.41) is 6.13. The molecule has 0 radical (unpaired) electrons. The van der Waals surface area contributed by atoms with Gasteiger partial charge >= 0.3 is 0 Å². The summed E-state index contributed by atoms with van der Waals surface area (Å²) in [5.74, 6) is 0.0882. The van der Waals surface area contributed by atoms with Gasteiger partial charge in [0, 0.05) is 6.42 Å². The topological polar surface area (TPSA) is 41.1 Å². The highest BCUT2D eigenvalue weighted by molar-refractivity contribution is 5.80.